The van der Waals surface area contributed by atoms with Crippen LogP contribution in [0, 0.1) is 0 Å². The number of carbonyl (C=O) groups is 1. The molecular formula is C15H19NO4S. The Labute approximate surface area is 128 Å². The van der Waals surface area contributed by atoms with E-state index in [1.165, 1.54) is 12.3 Å². The molecule has 114 valence electrons. The van der Waals surface area contributed by atoms with Crippen molar-refractivity contribution in [2.24, 2.45) is 0 Å². The van der Waals surface area contributed by atoms with Crippen molar-refractivity contribution in [1.29, 1.82) is 0 Å². The topological polar surface area (TPSA) is 68.7 Å². The van der Waals surface area contributed by atoms with Gasteiger partial charge in [0.15, 0.2) is 0 Å². The van der Waals surface area contributed by atoms with Crippen molar-refractivity contribution in [3.8, 4) is 5.75 Å². The molecule has 2 saturated heterocycles. The highest BCUT2D eigenvalue weighted by molar-refractivity contribution is 7.99. The van der Waals surface area contributed by atoms with Gasteiger partial charge in [-0.15, -0.1) is 0 Å². The van der Waals surface area contributed by atoms with E-state index < -0.39 is 5.97 Å². The number of hydrogen-bond acceptors (Lipinski definition) is 5. The van der Waals surface area contributed by atoms with E-state index in [0.29, 0.717) is 5.75 Å². The molecule has 1 N–H and O–H groups in total. The summed E-state index contributed by atoms with van der Waals surface area (Å²) in [5, 5.41) is 8.84. The Bertz CT molecular complexity index is 493. The molecule has 0 aliphatic carbocycles. The first kappa shape index (κ1) is 14.7. The van der Waals surface area contributed by atoms with Crippen LogP contribution in [0.3, 0.4) is 0 Å². The van der Waals surface area contributed by atoms with Gasteiger partial charge in [-0.05, 0) is 36.5 Å². The van der Waals surface area contributed by atoms with Gasteiger partial charge in [0.1, 0.15) is 17.5 Å². The minimum absolute atomic E-state index is 0.0113. The fraction of sp³-hybridized carbons (Fsp3) is 0.600. The van der Waals surface area contributed by atoms with Crippen LogP contribution in [-0.2, 0) is 4.74 Å². The first-order chi connectivity index (χ1) is 10.2. The summed E-state index contributed by atoms with van der Waals surface area (Å²) in [6, 6.07) is 3.15. The standard InChI is InChI=1S/C15H19NO4S/c17-14(18)13-2-1-12(10-16-13)20-11-3-6-19-15(9-11)4-7-21-8-5-15/h1-2,10-11H,3-9H2,(H,17,18). The van der Waals surface area contributed by atoms with Crippen LogP contribution in [0.15, 0.2) is 18.3 Å². The summed E-state index contributed by atoms with van der Waals surface area (Å²) < 4.78 is 12.0. The number of ether oxygens (including phenoxy) is 2. The van der Waals surface area contributed by atoms with Crippen molar-refractivity contribution in [2.75, 3.05) is 18.1 Å². The molecule has 1 atom stereocenters. The molecule has 5 nitrogen and oxygen atoms in total. The van der Waals surface area contributed by atoms with Crippen LogP contribution in [-0.4, -0.2) is 45.9 Å². The molecule has 6 heteroatoms. The Kier molecular flexibility index (Phi) is 4.35. The van der Waals surface area contributed by atoms with Crippen molar-refractivity contribution in [2.45, 2.75) is 37.4 Å². The third-order valence-electron chi connectivity index (χ3n) is 4.11. The van der Waals surface area contributed by atoms with Gasteiger partial charge in [0.05, 0.1) is 18.4 Å². The summed E-state index contributed by atoms with van der Waals surface area (Å²) in [4.78, 5) is 14.7. The van der Waals surface area contributed by atoms with Gasteiger partial charge in [0.25, 0.3) is 0 Å². The highest BCUT2D eigenvalue weighted by Crippen LogP contribution is 2.38. The van der Waals surface area contributed by atoms with Crippen LogP contribution in [0.5, 0.6) is 5.75 Å². The predicted octanol–water partition coefficient (Wildman–Crippen LogP) is 2.60. The average molecular weight is 309 g/mol. The second-order valence-corrected chi connectivity index (χ2v) is 6.79. The monoisotopic (exact) mass is 309 g/mol. The molecule has 1 unspecified atom stereocenters. The minimum atomic E-state index is -1.02. The van der Waals surface area contributed by atoms with Crippen LogP contribution in [0.25, 0.3) is 0 Å². The van der Waals surface area contributed by atoms with Crippen molar-refractivity contribution >= 4 is 17.7 Å². The molecule has 3 heterocycles. The van der Waals surface area contributed by atoms with E-state index >= 15 is 0 Å². The summed E-state index contributed by atoms with van der Waals surface area (Å²) in [6.07, 6.45) is 5.58. The normalized spacial score (nSPS) is 24.7. The molecule has 2 fully saturated rings. The Hall–Kier alpha value is -1.27. The number of pyridine rings is 1. The van der Waals surface area contributed by atoms with Crippen LogP contribution in [0.2, 0.25) is 0 Å². The van der Waals surface area contributed by atoms with Crippen LogP contribution in [0.4, 0.5) is 0 Å². The summed E-state index contributed by atoms with van der Waals surface area (Å²) in [5.74, 6) is 1.92. The Balaban J connectivity index is 1.62. The zero-order valence-corrected chi connectivity index (χ0v) is 12.6. The van der Waals surface area contributed by atoms with Gasteiger partial charge >= 0.3 is 5.97 Å². The summed E-state index contributed by atoms with van der Waals surface area (Å²) in [5.41, 5.74) is 0.0258. The number of carboxylic acids is 1. The number of nitrogens with zero attached hydrogens (tertiary/aromatic N) is 1. The zero-order valence-electron chi connectivity index (χ0n) is 11.8. The molecule has 0 radical (unpaired) electrons. The molecule has 1 aromatic heterocycles. The Morgan fingerprint density at radius 1 is 1.43 bits per heavy atom. The van der Waals surface area contributed by atoms with E-state index in [9.17, 15) is 4.79 Å². The van der Waals surface area contributed by atoms with Crippen LogP contribution >= 0.6 is 11.8 Å². The number of aromatic carboxylic acids is 1. The predicted molar refractivity (Wildman–Crippen MR) is 80.1 cm³/mol. The lowest BCUT2D eigenvalue weighted by molar-refractivity contribution is -0.116. The van der Waals surface area contributed by atoms with Gasteiger partial charge in [-0.2, -0.15) is 11.8 Å². The van der Waals surface area contributed by atoms with Gasteiger partial charge in [0, 0.05) is 12.8 Å². The number of carboxylic acid groups (broad SMARTS) is 1. The highest BCUT2D eigenvalue weighted by Gasteiger charge is 2.39. The Morgan fingerprint density at radius 3 is 2.90 bits per heavy atom. The minimum Gasteiger partial charge on any atom is -0.489 e. The second kappa shape index (κ2) is 6.23. The van der Waals surface area contributed by atoms with Crippen molar-refractivity contribution in [1.82, 2.24) is 4.98 Å². The van der Waals surface area contributed by atoms with E-state index in [-0.39, 0.29) is 17.4 Å². The van der Waals surface area contributed by atoms with Gasteiger partial charge in [-0.25, -0.2) is 9.78 Å². The fourth-order valence-electron chi connectivity index (χ4n) is 2.94. The maximum Gasteiger partial charge on any atom is 0.354 e. The number of rotatable bonds is 3. The molecule has 1 spiro atoms. The van der Waals surface area contributed by atoms with E-state index in [4.69, 9.17) is 14.6 Å². The third kappa shape index (κ3) is 3.49. The van der Waals surface area contributed by atoms with Crippen LogP contribution in [0.1, 0.15) is 36.2 Å². The smallest absolute Gasteiger partial charge is 0.354 e. The first-order valence-electron chi connectivity index (χ1n) is 7.25. The maximum absolute atomic E-state index is 10.8. The summed E-state index contributed by atoms with van der Waals surface area (Å²) in [7, 11) is 0. The van der Waals surface area contributed by atoms with E-state index in [0.717, 1.165) is 43.8 Å². The van der Waals surface area contributed by atoms with E-state index in [1.807, 2.05) is 11.8 Å². The lowest BCUT2D eigenvalue weighted by Crippen LogP contribution is -2.46. The SMILES string of the molecule is O=C(O)c1ccc(OC2CCOC3(CCSCC3)C2)cn1. The number of thioether (sulfide) groups is 1. The van der Waals surface area contributed by atoms with Gasteiger partial charge < -0.3 is 14.6 Å². The molecule has 2 aliphatic rings. The van der Waals surface area contributed by atoms with Gasteiger partial charge in [-0.1, -0.05) is 0 Å². The Morgan fingerprint density at radius 2 is 2.24 bits per heavy atom. The molecular weight excluding hydrogens is 290 g/mol. The van der Waals surface area contributed by atoms with E-state index in [1.54, 1.807) is 6.07 Å². The average Bonchev–Trinajstić information content (AvgIpc) is 2.49. The maximum atomic E-state index is 10.8. The molecule has 2 aliphatic heterocycles. The molecule has 0 aromatic carbocycles. The summed E-state index contributed by atoms with van der Waals surface area (Å²) >= 11 is 1.99. The third-order valence-corrected chi connectivity index (χ3v) is 5.10. The largest absolute Gasteiger partial charge is 0.489 e. The van der Waals surface area contributed by atoms with E-state index in [2.05, 4.69) is 4.98 Å². The van der Waals surface area contributed by atoms with Gasteiger partial charge in [-0.3, -0.25) is 0 Å². The van der Waals surface area contributed by atoms with Crippen LogP contribution < -0.4 is 4.74 Å². The molecule has 0 saturated carbocycles. The molecule has 0 bridgehead atoms. The number of hydrogen-bond donors (Lipinski definition) is 1. The fourth-order valence-corrected chi connectivity index (χ4v) is 4.18. The molecule has 1 aromatic rings. The first-order valence-corrected chi connectivity index (χ1v) is 8.40. The second-order valence-electron chi connectivity index (χ2n) is 5.56. The molecule has 21 heavy (non-hydrogen) atoms. The highest BCUT2D eigenvalue weighted by atomic mass is 32.2. The zero-order chi connectivity index (χ0) is 14.7. The van der Waals surface area contributed by atoms with Crippen molar-refractivity contribution < 1.29 is 19.4 Å². The molecule has 3 rings (SSSR count). The van der Waals surface area contributed by atoms with Crippen molar-refractivity contribution in [3.63, 3.8) is 0 Å². The lowest BCUT2D eigenvalue weighted by atomic mass is 9.86. The molecule has 0 amide bonds. The quantitative estimate of drug-likeness (QED) is 0.925. The van der Waals surface area contributed by atoms with Gasteiger partial charge in [0.2, 0.25) is 0 Å². The van der Waals surface area contributed by atoms with Crippen molar-refractivity contribution in [3.05, 3.63) is 24.0 Å². The summed E-state index contributed by atoms with van der Waals surface area (Å²) in [6.45, 7) is 0.732. The number of aromatic nitrogens is 1. The lowest BCUT2D eigenvalue weighted by Gasteiger charge is -2.43.